The lowest BCUT2D eigenvalue weighted by Gasteiger charge is -2.32. The molecule has 4 nitrogen and oxygen atoms in total. The van der Waals surface area contributed by atoms with E-state index in [0.717, 1.165) is 37.0 Å². The van der Waals surface area contributed by atoms with E-state index in [0.29, 0.717) is 6.04 Å². The molecule has 3 N–H and O–H groups in total. The van der Waals surface area contributed by atoms with Crippen LogP contribution in [-0.2, 0) is 0 Å². The first-order chi connectivity index (χ1) is 7.84. The summed E-state index contributed by atoms with van der Waals surface area (Å²) in [6.45, 7) is 2.07. The highest BCUT2D eigenvalue weighted by atomic mass is 15.1. The van der Waals surface area contributed by atoms with Crippen LogP contribution < -0.4 is 10.6 Å². The van der Waals surface area contributed by atoms with Crippen LogP contribution in [0.4, 0.5) is 5.69 Å². The van der Waals surface area contributed by atoms with Gasteiger partial charge in [-0.3, -0.25) is 0 Å². The minimum atomic E-state index is 0.370. The molecule has 0 bridgehead atoms. The molecule has 0 spiro atoms. The third-order valence-corrected chi connectivity index (χ3v) is 3.31. The summed E-state index contributed by atoms with van der Waals surface area (Å²) < 4.78 is 0. The highest BCUT2D eigenvalue weighted by molar-refractivity contribution is 5.88. The maximum absolute atomic E-state index is 5.92. The number of piperidine rings is 1. The van der Waals surface area contributed by atoms with Gasteiger partial charge in [-0.1, -0.05) is 6.07 Å². The number of nitrogens with zero attached hydrogens (tertiary/aromatic N) is 2. The molecule has 84 valence electrons. The number of hydrogen-bond donors (Lipinski definition) is 2. The first kappa shape index (κ1) is 9.66. The number of rotatable bonds is 1. The molecule has 0 amide bonds. The summed E-state index contributed by atoms with van der Waals surface area (Å²) in [5.74, 6) is 0. The molecule has 1 aliphatic heterocycles. The average Bonchev–Trinajstić information content (AvgIpc) is 2.78. The lowest BCUT2D eigenvalue weighted by Crippen LogP contribution is -2.39. The zero-order valence-corrected chi connectivity index (χ0v) is 9.19. The number of benzene rings is 1. The van der Waals surface area contributed by atoms with Crippen molar-refractivity contribution in [2.24, 2.45) is 5.73 Å². The van der Waals surface area contributed by atoms with Crippen molar-refractivity contribution >= 4 is 16.7 Å². The normalized spacial score (nSPS) is 18.2. The summed E-state index contributed by atoms with van der Waals surface area (Å²) in [5, 5.41) is 0. The smallest absolute Gasteiger partial charge is 0.112 e. The van der Waals surface area contributed by atoms with Crippen molar-refractivity contribution < 1.29 is 0 Å². The van der Waals surface area contributed by atoms with Crippen molar-refractivity contribution in [1.82, 2.24) is 9.97 Å². The predicted octanol–water partition coefficient (Wildman–Crippen LogP) is 1.49. The molecule has 16 heavy (non-hydrogen) atoms. The number of aromatic amines is 1. The molecule has 2 aromatic rings. The highest BCUT2D eigenvalue weighted by Gasteiger charge is 2.18. The summed E-state index contributed by atoms with van der Waals surface area (Å²) in [6.07, 6.45) is 3.89. The molecule has 0 aliphatic carbocycles. The van der Waals surface area contributed by atoms with Gasteiger partial charge in [0.05, 0.1) is 17.5 Å². The first-order valence-electron chi connectivity index (χ1n) is 5.77. The van der Waals surface area contributed by atoms with Crippen molar-refractivity contribution in [2.45, 2.75) is 18.9 Å². The minimum absolute atomic E-state index is 0.370. The van der Waals surface area contributed by atoms with Crippen molar-refractivity contribution in [1.29, 1.82) is 0 Å². The average molecular weight is 216 g/mol. The third-order valence-electron chi connectivity index (χ3n) is 3.31. The largest absolute Gasteiger partial charge is 0.370 e. The van der Waals surface area contributed by atoms with Gasteiger partial charge in [-0.15, -0.1) is 0 Å². The van der Waals surface area contributed by atoms with E-state index < -0.39 is 0 Å². The predicted molar refractivity (Wildman–Crippen MR) is 65.5 cm³/mol. The SMILES string of the molecule is NC1CCN(c2cccc3[nH]cnc23)CC1. The Labute approximate surface area is 94.5 Å². The second-order valence-electron chi connectivity index (χ2n) is 4.40. The van der Waals surface area contributed by atoms with Gasteiger partial charge < -0.3 is 15.6 Å². The monoisotopic (exact) mass is 216 g/mol. The molecule has 4 heteroatoms. The minimum Gasteiger partial charge on any atom is -0.370 e. The second-order valence-corrected chi connectivity index (χ2v) is 4.40. The van der Waals surface area contributed by atoms with E-state index in [9.17, 15) is 0 Å². The Bertz CT molecular complexity index is 482. The number of H-pyrrole nitrogens is 1. The zero-order chi connectivity index (χ0) is 11.0. The Hall–Kier alpha value is -1.55. The van der Waals surface area contributed by atoms with E-state index in [1.54, 1.807) is 6.33 Å². The lowest BCUT2D eigenvalue weighted by atomic mass is 10.1. The van der Waals surface area contributed by atoms with Crippen molar-refractivity contribution in [3.05, 3.63) is 24.5 Å². The van der Waals surface area contributed by atoms with Crippen molar-refractivity contribution in [2.75, 3.05) is 18.0 Å². The summed E-state index contributed by atoms with van der Waals surface area (Å²) in [6, 6.07) is 6.64. The van der Waals surface area contributed by atoms with Gasteiger partial charge >= 0.3 is 0 Å². The van der Waals surface area contributed by atoms with Crippen LogP contribution in [0.25, 0.3) is 11.0 Å². The molecule has 0 saturated carbocycles. The standard InChI is InChI=1S/C12H16N4/c13-9-4-6-16(7-5-9)11-3-1-2-10-12(11)15-8-14-10/h1-3,8-9H,4-7,13H2,(H,14,15). The quantitative estimate of drug-likeness (QED) is 0.759. The van der Waals surface area contributed by atoms with Crippen LogP contribution in [0.3, 0.4) is 0 Å². The van der Waals surface area contributed by atoms with E-state index in [-0.39, 0.29) is 0 Å². The molecular weight excluding hydrogens is 200 g/mol. The van der Waals surface area contributed by atoms with Crippen LogP contribution >= 0.6 is 0 Å². The van der Waals surface area contributed by atoms with E-state index in [4.69, 9.17) is 5.73 Å². The zero-order valence-electron chi connectivity index (χ0n) is 9.19. The topological polar surface area (TPSA) is 57.9 Å². The van der Waals surface area contributed by atoms with Gasteiger partial charge in [0.1, 0.15) is 5.52 Å². The Kier molecular flexibility index (Phi) is 2.29. The highest BCUT2D eigenvalue weighted by Crippen LogP contribution is 2.26. The molecule has 0 unspecified atom stereocenters. The fraction of sp³-hybridized carbons (Fsp3) is 0.417. The molecule has 3 rings (SSSR count). The summed E-state index contributed by atoms with van der Waals surface area (Å²) in [4.78, 5) is 9.91. The third kappa shape index (κ3) is 1.55. The van der Waals surface area contributed by atoms with E-state index >= 15 is 0 Å². The van der Waals surface area contributed by atoms with Crippen LogP contribution in [0.5, 0.6) is 0 Å². The molecule has 1 fully saturated rings. The number of fused-ring (bicyclic) bond motifs is 1. The molecule has 1 aromatic carbocycles. The summed E-state index contributed by atoms with van der Waals surface area (Å²) in [5.41, 5.74) is 9.32. The number of anilines is 1. The molecule has 2 heterocycles. The number of nitrogens with one attached hydrogen (secondary N) is 1. The fourth-order valence-electron chi connectivity index (χ4n) is 2.35. The van der Waals surface area contributed by atoms with Crippen LogP contribution in [0.2, 0.25) is 0 Å². The van der Waals surface area contributed by atoms with Crippen LogP contribution in [0.1, 0.15) is 12.8 Å². The molecule has 1 aromatic heterocycles. The summed E-state index contributed by atoms with van der Waals surface area (Å²) >= 11 is 0. The Morgan fingerprint density at radius 3 is 2.94 bits per heavy atom. The summed E-state index contributed by atoms with van der Waals surface area (Å²) in [7, 11) is 0. The molecule has 0 radical (unpaired) electrons. The number of para-hydroxylation sites is 1. The van der Waals surface area contributed by atoms with Crippen LogP contribution in [0.15, 0.2) is 24.5 Å². The maximum Gasteiger partial charge on any atom is 0.112 e. The lowest BCUT2D eigenvalue weighted by molar-refractivity contribution is 0.502. The van der Waals surface area contributed by atoms with Crippen LogP contribution in [-0.4, -0.2) is 29.1 Å². The van der Waals surface area contributed by atoms with Gasteiger partial charge in [-0.2, -0.15) is 0 Å². The Morgan fingerprint density at radius 2 is 2.12 bits per heavy atom. The van der Waals surface area contributed by atoms with E-state index in [2.05, 4.69) is 33.1 Å². The van der Waals surface area contributed by atoms with Crippen molar-refractivity contribution in [3.63, 3.8) is 0 Å². The second kappa shape index (κ2) is 3.79. The van der Waals surface area contributed by atoms with Gasteiger partial charge in [0.25, 0.3) is 0 Å². The number of imidazole rings is 1. The van der Waals surface area contributed by atoms with E-state index in [1.807, 2.05) is 0 Å². The fourth-order valence-corrected chi connectivity index (χ4v) is 2.35. The van der Waals surface area contributed by atoms with Gasteiger partial charge in [-0.25, -0.2) is 4.98 Å². The first-order valence-corrected chi connectivity index (χ1v) is 5.77. The van der Waals surface area contributed by atoms with Gasteiger partial charge in [-0.05, 0) is 25.0 Å². The van der Waals surface area contributed by atoms with Gasteiger partial charge in [0, 0.05) is 19.1 Å². The molecule has 1 saturated heterocycles. The van der Waals surface area contributed by atoms with Gasteiger partial charge in [0.15, 0.2) is 0 Å². The Morgan fingerprint density at radius 1 is 1.31 bits per heavy atom. The van der Waals surface area contributed by atoms with E-state index in [1.165, 1.54) is 5.69 Å². The van der Waals surface area contributed by atoms with Crippen molar-refractivity contribution in [3.8, 4) is 0 Å². The molecular formula is C12H16N4. The van der Waals surface area contributed by atoms with Gasteiger partial charge in [0.2, 0.25) is 0 Å². The number of aromatic nitrogens is 2. The van der Waals surface area contributed by atoms with Crippen LogP contribution in [0, 0.1) is 0 Å². The number of hydrogen-bond acceptors (Lipinski definition) is 3. The number of nitrogens with two attached hydrogens (primary N) is 1. The molecule has 1 aliphatic rings. The maximum atomic E-state index is 5.92. The molecule has 0 atom stereocenters. The Balaban J connectivity index is 1.96.